The van der Waals surface area contributed by atoms with Crippen LogP contribution in [0.5, 0.6) is 5.88 Å². The van der Waals surface area contributed by atoms with Crippen LogP contribution in [0.15, 0.2) is 60.7 Å². The average Bonchev–Trinajstić information content (AvgIpc) is 3.18. The van der Waals surface area contributed by atoms with Gasteiger partial charge in [-0.2, -0.15) is 0 Å². The molecule has 1 aliphatic rings. The summed E-state index contributed by atoms with van der Waals surface area (Å²) in [5.74, 6) is 1.05. The number of halogens is 1. The molecule has 1 aliphatic heterocycles. The van der Waals surface area contributed by atoms with Gasteiger partial charge in [-0.1, -0.05) is 29.8 Å². The highest BCUT2D eigenvalue weighted by Crippen LogP contribution is 2.29. The molecule has 1 N–H and O–H groups in total. The van der Waals surface area contributed by atoms with Crippen molar-refractivity contribution in [2.45, 2.75) is 31.9 Å². The molecule has 0 amide bonds. The molecule has 180 valence electrons. The van der Waals surface area contributed by atoms with Gasteiger partial charge in [-0.3, -0.25) is 4.90 Å². The molecule has 2 aromatic heterocycles. The molecule has 2 aromatic carbocycles. The lowest BCUT2D eigenvalue weighted by Crippen LogP contribution is -2.33. The Bertz CT molecular complexity index is 1340. The fourth-order valence-corrected chi connectivity index (χ4v) is 4.70. The number of nitrogens with zero attached hydrogens (tertiary/aromatic N) is 4. The minimum atomic E-state index is -0.926. The minimum absolute atomic E-state index is 0.278. The van der Waals surface area contributed by atoms with Gasteiger partial charge in [-0.05, 0) is 67.9 Å². The van der Waals surface area contributed by atoms with Gasteiger partial charge in [0.2, 0.25) is 5.88 Å². The topological polar surface area (TPSA) is 80.5 Å². The number of hydrogen-bond acceptors (Lipinski definition) is 5. The normalized spacial score (nSPS) is 14.9. The zero-order valence-electron chi connectivity index (χ0n) is 19.5. The van der Waals surface area contributed by atoms with Crippen LogP contribution in [0.25, 0.3) is 11.0 Å². The van der Waals surface area contributed by atoms with Crippen LogP contribution in [-0.4, -0.2) is 43.6 Å². The first-order valence-corrected chi connectivity index (χ1v) is 12.1. The number of benzene rings is 2. The molecule has 1 fully saturated rings. The van der Waals surface area contributed by atoms with E-state index in [0.29, 0.717) is 23.4 Å². The van der Waals surface area contributed by atoms with Gasteiger partial charge in [0, 0.05) is 29.7 Å². The quantitative estimate of drug-likeness (QED) is 0.379. The molecule has 4 aromatic rings. The summed E-state index contributed by atoms with van der Waals surface area (Å²) in [5, 5.41) is 9.99. The van der Waals surface area contributed by atoms with Gasteiger partial charge < -0.3 is 14.4 Å². The second-order valence-corrected chi connectivity index (χ2v) is 9.40. The van der Waals surface area contributed by atoms with Crippen molar-refractivity contribution in [3.63, 3.8) is 0 Å². The van der Waals surface area contributed by atoms with Crippen LogP contribution >= 0.6 is 11.6 Å². The number of imidazole rings is 1. The molecule has 0 saturated carbocycles. The van der Waals surface area contributed by atoms with Crippen LogP contribution in [-0.2, 0) is 20.2 Å². The second kappa shape index (κ2) is 10.1. The lowest BCUT2D eigenvalue weighted by molar-refractivity contribution is 0.0697. The number of hydrogen-bond donors (Lipinski definition) is 1. The molecule has 7 nitrogen and oxygen atoms in total. The van der Waals surface area contributed by atoms with E-state index in [1.807, 2.05) is 48.0 Å². The van der Waals surface area contributed by atoms with Crippen LogP contribution < -0.4 is 4.74 Å². The lowest BCUT2D eigenvalue weighted by atomic mass is 9.93. The highest BCUT2D eigenvalue weighted by Gasteiger charge is 2.23. The van der Waals surface area contributed by atoms with Crippen molar-refractivity contribution in [1.29, 1.82) is 0 Å². The monoisotopic (exact) mass is 490 g/mol. The number of carboxylic acids is 1. The standard InChI is InChI=1S/C27H27ClN4O3/c1-31-24-15-20(27(33)34)7-10-23(24)29-25(31)16-32-13-11-19(12-14-32)22-3-2-4-26(30-22)35-17-18-5-8-21(28)9-6-18/h2-10,15,19H,11-14,16-17H2,1H3,(H,33,34). The van der Waals surface area contributed by atoms with Crippen LogP contribution in [0, 0.1) is 0 Å². The number of aromatic nitrogens is 3. The number of fused-ring (bicyclic) bond motifs is 1. The SMILES string of the molecule is Cn1c(CN2CCC(c3cccc(OCc4ccc(Cl)cc4)n3)CC2)nc2ccc(C(=O)O)cc21. The van der Waals surface area contributed by atoms with Crippen molar-refractivity contribution in [1.82, 2.24) is 19.4 Å². The van der Waals surface area contributed by atoms with Crippen molar-refractivity contribution in [3.8, 4) is 5.88 Å². The van der Waals surface area contributed by atoms with E-state index in [9.17, 15) is 9.90 Å². The average molecular weight is 491 g/mol. The summed E-state index contributed by atoms with van der Waals surface area (Å²) in [6.07, 6.45) is 2.03. The maximum Gasteiger partial charge on any atom is 0.335 e. The van der Waals surface area contributed by atoms with E-state index in [-0.39, 0.29) is 5.56 Å². The Morgan fingerprint density at radius 1 is 1.09 bits per heavy atom. The molecular formula is C27H27ClN4O3. The number of carboxylic acid groups (broad SMARTS) is 1. The molecule has 8 heteroatoms. The van der Waals surface area contributed by atoms with Gasteiger partial charge in [-0.25, -0.2) is 14.8 Å². The molecule has 0 unspecified atom stereocenters. The number of pyridine rings is 1. The first kappa shape index (κ1) is 23.3. The molecule has 0 atom stereocenters. The number of carbonyl (C=O) groups is 1. The minimum Gasteiger partial charge on any atom is -0.478 e. The van der Waals surface area contributed by atoms with Gasteiger partial charge in [0.15, 0.2) is 0 Å². The van der Waals surface area contributed by atoms with Crippen LogP contribution in [0.4, 0.5) is 0 Å². The highest BCUT2D eigenvalue weighted by molar-refractivity contribution is 6.30. The van der Waals surface area contributed by atoms with Gasteiger partial charge in [-0.15, -0.1) is 0 Å². The van der Waals surface area contributed by atoms with Gasteiger partial charge >= 0.3 is 5.97 Å². The third-order valence-corrected chi connectivity index (χ3v) is 6.89. The molecule has 0 bridgehead atoms. The van der Waals surface area contributed by atoms with E-state index in [0.717, 1.165) is 60.6 Å². The van der Waals surface area contributed by atoms with E-state index in [1.165, 1.54) is 0 Å². The fraction of sp³-hybridized carbons (Fsp3) is 0.296. The largest absolute Gasteiger partial charge is 0.478 e. The summed E-state index contributed by atoms with van der Waals surface area (Å²) < 4.78 is 7.91. The van der Waals surface area contributed by atoms with E-state index in [4.69, 9.17) is 26.3 Å². The zero-order chi connectivity index (χ0) is 24.4. The summed E-state index contributed by atoms with van der Waals surface area (Å²) in [6.45, 7) is 3.09. The smallest absolute Gasteiger partial charge is 0.335 e. The number of rotatable bonds is 7. The second-order valence-electron chi connectivity index (χ2n) is 8.96. The van der Waals surface area contributed by atoms with Crippen molar-refractivity contribution < 1.29 is 14.6 Å². The number of piperidine rings is 1. The Kier molecular flexibility index (Phi) is 6.70. The lowest BCUT2D eigenvalue weighted by Gasteiger charge is -2.31. The maximum absolute atomic E-state index is 11.3. The summed E-state index contributed by atoms with van der Waals surface area (Å²) in [5.41, 5.74) is 4.06. The third-order valence-electron chi connectivity index (χ3n) is 6.64. The highest BCUT2D eigenvalue weighted by atomic mass is 35.5. The molecule has 5 rings (SSSR count). The van der Waals surface area contributed by atoms with Crippen LogP contribution in [0.2, 0.25) is 5.02 Å². The van der Waals surface area contributed by atoms with Crippen molar-refractivity contribution in [2.75, 3.05) is 13.1 Å². The number of ether oxygens (including phenoxy) is 1. The predicted octanol–water partition coefficient (Wildman–Crippen LogP) is 5.28. The summed E-state index contributed by atoms with van der Waals surface area (Å²) in [7, 11) is 1.95. The summed E-state index contributed by atoms with van der Waals surface area (Å²) >= 11 is 5.95. The van der Waals surface area contributed by atoms with Gasteiger partial charge in [0.05, 0.1) is 23.1 Å². The summed E-state index contributed by atoms with van der Waals surface area (Å²) in [6, 6.07) is 18.7. The van der Waals surface area contributed by atoms with Crippen molar-refractivity contribution >= 4 is 28.6 Å². The Morgan fingerprint density at radius 2 is 1.86 bits per heavy atom. The van der Waals surface area contributed by atoms with Gasteiger partial charge in [0.25, 0.3) is 0 Å². The number of aromatic carboxylic acids is 1. The number of aryl methyl sites for hydroxylation is 1. The van der Waals surface area contributed by atoms with E-state index < -0.39 is 5.97 Å². The first-order valence-electron chi connectivity index (χ1n) is 11.7. The molecule has 0 radical (unpaired) electrons. The predicted molar refractivity (Wildman–Crippen MR) is 135 cm³/mol. The molecular weight excluding hydrogens is 464 g/mol. The molecule has 0 spiro atoms. The molecule has 0 aliphatic carbocycles. The number of likely N-dealkylation sites (tertiary alicyclic amines) is 1. The van der Waals surface area contributed by atoms with E-state index in [2.05, 4.69) is 11.0 Å². The van der Waals surface area contributed by atoms with E-state index in [1.54, 1.807) is 18.2 Å². The molecule has 35 heavy (non-hydrogen) atoms. The summed E-state index contributed by atoms with van der Waals surface area (Å²) in [4.78, 5) is 23.2. The maximum atomic E-state index is 11.3. The van der Waals surface area contributed by atoms with Crippen LogP contribution in [0.3, 0.4) is 0 Å². The van der Waals surface area contributed by atoms with Crippen LogP contribution in [0.1, 0.15) is 46.2 Å². The Balaban J connectivity index is 1.19. The van der Waals surface area contributed by atoms with Gasteiger partial charge in [0.1, 0.15) is 12.4 Å². The first-order chi connectivity index (χ1) is 17.0. The third kappa shape index (κ3) is 5.31. The van der Waals surface area contributed by atoms with E-state index >= 15 is 0 Å². The molecule has 3 heterocycles. The Labute approximate surface area is 208 Å². The molecule has 1 saturated heterocycles. The fourth-order valence-electron chi connectivity index (χ4n) is 4.58. The van der Waals surface area contributed by atoms with Crippen molar-refractivity contribution in [3.05, 3.63) is 88.3 Å². The Hall–Kier alpha value is -3.42. The zero-order valence-corrected chi connectivity index (χ0v) is 20.3. The van der Waals surface area contributed by atoms with Crippen molar-refractivity contribution in [2.24, 2.45) is 7.05 Å². The Morgan fingerprint density at radius 3 is 2.60 bits per heavy atom.